The Morgan fingerprint density at radius 3 is 2.38 bits per heavy atom. The molecule has 138 valence electrons. The average molecular weight is 401 g/mol. The maximum Gasteiger partial charge on any atom is 0.442 e. The van der Waals surface area contributed by atoms with Gasteiger partial charge in [-0.05, 0) is 23.9 Å². The van der Waals surface area contributed by atoms with Gasteiger partial charge in [-0.25, -0.2) is 0 Å². The first-order chi connectivity index (χ1) is 12.4. The number of carbonyl (C=O) groups excluding carboxylic acids is 1. The van der Waals surface area contributed by atoms with Gasteiger partial charge in [-0.2, -0.15) is 13.2 Å². The Labute approximate surface area is 156 Å². The third kappa shape index (κ3) is 5.25. The summed E-state index contributed by atoms with van der Waals surface area (Å²) in [5, 5.41) is 2.54. The van der Waals surface area contributed by atoms with Crippen molar-refractivity contribution in [3.8, 4) is 11.5 Å². The molecule has 1 aliphatic rings. The van der Waals surface area contributed by atoms with Crippen LogP contribution >= 0.6 is 23.5 Å². The van der Waals surface area contributed by atoms with Crippen molar-refractivity contribution in [1.82, 2.24) is 0 Å². The van der Waals surface area contributed by atoms with Gasteiger partial charge in [0, 0.05) is 21.9 Å². The molecular weight excluding hydrogens is 387 g/mol. The van der Waals surface area contributed by atoms with Crippen molar-refractivity contribution in [3.05, 3.63) is 42.5 Å². The fourth-order valence-corrected chi connectivity index (χ4v) is 3.50. The van der Waals surface area contributed by atoms with Crippen molar-refractivity contribution < 1.29 is 27.4 Å². The lowest BCUT2D eigenvalue weighted by atomic mass is 10.2. The summed E-state index contributed by atoms with van der Waals surface area (Å²) < 4.78 is 47.9. The predicted octanol–water partition coefficient (Wildman–Crippen LogP) is 4.80. The highest BCUT2D eigenvalue weighted by Crippen LogP contribution is 2.42. The van der Waals surface area contributed by atoms with E-state index in [0.717, 1.165) is 4.90 Å². The molecule has 2 aromatic carbocycles. The highest BCUT2D eigenvalue weighted by Gasteiger charge is 2.29. The Bertz CT molecular complexity index is 785. The molecule has 1 N–H and O–H groups in total. The molecule has 0 bridgehead atoms. The minimum absolute atomic E-state index is 0.371. The normalized spacial score (nSPS) is 13.3. The van der Waals surface area contributed by atoms with Crippen LogP contribution in [-0.2, 0) is 4.79 Å². The number of ether oxygens (including phenoxy) is 2. The van der Waals surface area contributed by atoms with Crippen LogP contribution in [0, 0.1) is 0 Å². The van der Waals surface area contributed by atoms with E-state index >= 15 is 0 Å². The summed E-state index contributed by atoms with van der Waals surface area (Å²) in [5.74, 6) is -0.461. The number of carbonyl (C=O) groups is 1. The lowest BCUT2D eigenvalue weighted by Gasteiger charge is -2.21. The number of thioether (sulfide) groups is 1. The molecule has 1 aliphatic heterocycles. The molecular formula is C17H14F3NO3S2. The van der Waals surface area contributed by atoms with Crippen LogP contribution < -0.4 is 14.8 Å². The molecule has 1 amide bonds. The van der Waals surface area contributed by atoms with E-state index in [1.165, 1.54) is 11.8 Å². The summed E-state index contributed by atoms with van der Waals surface area (Å²) in [7, 11) is 0. The van der Waals surface area contributed by atoms with Gasteiger partial charge in [0.25, 0.3) is 0 Å². The van der Waals surface area contributed by atoms with Gasteiger partial charge in [0.05, 0.1) is 11.4 Å². The summed E-state index contributed by atoms with van der Waals surface area (Å²) in [6.45, 7) is 0.784. The van der Waals surface area contributed by atoms with Crippen molar-refractivity contribution in [2.45, 2.75) is 15.3 Å². The third-order valence-electron chi connectivity index (χ3n) is 3.26. The fraction of sp³-hybridized carbons (Fsp3) is 0.235. The maximum atomic E-state index is 12.3. The molecule has 0 atom stereocenters. The Morgan fingerprint density at radius 1 is 1.08 bits per heavy atom. The topological polar surface area (TPSA) is 47.6 Å². The number of rotatable bonds is 5. The lowest BCUT2D eigenvalue weighted by molar-refractivity contribution is -0.114. The second kappa shape index (κ2) is 8.13. The number of amides is 1. The van der Waals surface area contributed by atoms with Gasteiger partial charge in [0.15, 0.2) is 11.5 Å². The molecule has 0 aliphatic carbocycles. The molecule has 3 rings (SSSR count). The Morgan fingerprint density at radius 2 is 1.73 bits per heavy atom. The monoisotopic (exact) mass is 401 g/mol. The van der Waals surface area contributed by atoms with Crippen LogP contribution in [0.15, 0.2) is 52.3 Å². The van der Waals surface area contributed by atoms with Crippen LogP contribution in [0.3, 0.4) is 0 Å². The van der Waals surface area contributed by atoms with Crippen molar-refractivity contribution in [2.24, 2.45) is 0 Å². The first-order valence-corrected chi connectivity index (χ1v) is 9.38. The Balaban J connectivity index is 1.83. The largest absolute Gasteiger partial charge is 0.486 e. The summed E-state index contributed by atoms with van der Waals surface area (Å²) in [6, 6.07) is 12.7. The van der Waals surface area contributed by atoms with E-state index in [1.54, 1.807) is 12.1 Å². The first kappa shape index (κ1) is 18.8. The van der Waals surface area contributed by atoms with Gasteiger partial charge >= 0.3 is 5.51 Å². The molecule has 0 radical (unpaired) electrons. The molecule has 1 heterocycles. The van der Waals surface area contributed by atoms with E-state index in [9.17, 15) is 18.0 Å². The third-order valence-corrected chi connectivity index (χ3v) is 5.06. The average Bonchev–Trinajstić information content (AvgIpc) is 2.61. The number of nitrogens with one attached hydrogen (secondary N) is 1. The van der Waals surface area contributed by atoms with Gasteiger partial charge in [0.2, 0.25) is 5.91 Å². The minimum atomic E-state index is -4.45. The van der Waals surface area contributed by atoms with Gasteiger partial charge in [-0.3, -0.25) is 4.79 Å². The van der Waals surface area contributed by atoms with Gasteiger partial charge < -0.3 is 14.8 Å². The van der Waals surface area contributed by atoms with Crippen LogP contribution in [0.5, 0.6) is 11.5 Å². The standard InChI is InChI=1S/C17H14F3NO3S2/c18-17(19,20)25-10-16(22)21-12-8-13-14(24-7-6-23-13)9-15(12)26-11-4-2-1-3-5-11/h1-5,8-9H,6-7,10H2,(H,21,22). The minimum Gasteiger partial charge on any atom is -0.486 e. The van der Waals surface area contributed by atoms with Crippen molar-refractivity contribution in [3.63, 3.8) is 0 Å². The zero-order valence-corrected chi connectivity index (χ0v) is 15.0. The number of fused-ring (bicyclic) bond motifs is 1. The number of hydrogen-bond donors (Lipinski definition) is 1. The van der Waals surface area contributed by atoms with E-state index in [4.69, 9.17) is 9.47 Å². The molecule has 4 nitrogen and oxygen atoms in total. The van der Waals surface area contributed by atoms with Crippen molar-refractivity contribution in [2.75, 3.05) is 24.3 Å². The summed E-state index contributed by atoms with van der Waals surface area (Å²) in [5.41, 5.74) is -4.07. The predicted molar refractivity (Wildman–Crippen MR) is 95.1 cm³/mol. The SMILES string of the molecule is O=C(CSC(F)(F)F)Nc1cc2c(cc1Sc1ccccc1)OCCO2. The van der Waals surface area contributed by atoms with Gasteiger partial charge in [-0.15, -0.1) is 0 Å². The molecule has 9 heteroatoms. The zero-order chi connectivity index (χ0) is 18.6. The van der Waals surface area contributed by atoms with Crippen LogP contribution in [-0.4, -0.2) is 30.4 Å². The molecule has 0 unspecified atom stereocenters. The quantitative estimate of drug-likeness (QED) is 0.780. The molecule has 0 spiro atoms. The maximum absolute atomic E-state index is 12.3. The van der Waals surface area contributed by atoms with E-state index in [0.29, 0.717) is 35.3 Å². The van der Waals surface area contributed by atoms with Crippen LogP contribution in [0.25, 0.3) is 0 Å². The number of alkyl halides is 3. The highest BCUT2D eigenvalue weighted by atomic mass is 32.2. The fourth-order valence-electron chi connectivity index (χ4n) is 2.20. The van der Waals surface area contributed by atoms with Crippen LogP contribution in [0.1, 0.15) is 0 Å². The molecule has 0 saturated carbocycles. The summed E-state index contributed by atoms with van der Waals surface area (Å²) in [6.07, 6.45) is 0. The van der Waals surface area contributed by atoms with Crippen LogP contribution in [0.2, 0.25) is 0 Å². The zero-order valence-electron chi connectivity index (χ0n) is 13.3. The smallest absolute Gasteiger partial charge is 0.442 e. The van der Waals surface area contributed by atoms with Gasteiger partial charge in [0.1, 0.15) is 13.2 Å². The van der Waals surface area contributed by atoms with Gasteiger partial charge in [-0.1, -0.05) is 30.0 Å². The van der Waals surface area contributed by atoms with E-state index in [2.05, 4.69) is 5.32 Å². The molecule has 0 fully saturated rings. The molecule has 2 aromatic rings. The second-order valence-electron chi connectivity index (χ2n) is 5.19. The van der Waals surface area contributed by atoms with E-state index < -0.39 is 17.2 Å². The molecule has 0 aromatic heterocycles. The molecule has 0 saturated heterocycles. The number of hydrogen-bond acceptors (Lipinski definition) is 5. The van der Waals surface area contributed by atoms with E-state index in [-0.39, 0.29) is 11.8 Å². The van der Waals surface area contributed by atoms with E-state index in [1.807, 2.05) is 30.3 Å². The highest BCUT2D eigenvalue weighted by molar-refractivity contribution is 8.00. The van der Waals surface area contributed by atoms with Crippen LogP contribution in [0.4, 0.5) is 18.9 Å². The second-order valence-corrected chi connectivity index (χ2v) is 7.35. The summed E-state index contributed by atoms with van der Waals surface area (Å²) >= 11 is 0.998. The Kier molecular flexibility index (Phi) is 5.87. The molecule has 26 heavy (non-hydrogen) atoms. The Hall–Kier alpha value is -2.00. The number of benzene rings is 2. The lowest BCUT2D eigenvalue weighted by Crippen LogP contribution is -2.19. The number of halogens is 3. The number of anilines is 1. The first-order valence-electron chi connectivity index (χ1n) is 7.58. The van der Waals surface area contributed by atoms with Crippen molar-refractivity contribution >= 4 is 35.1 Å². The van der Waals surface area contributed by atoms with Crippen molar-refractivity contribution in [1.29, 1.82) is 0 Å². The summed E-state index contributed by atoms with van der Waals surface area (Å²) in [4.78, 5) is 13.5.